The van der Waals surface area contributed by atoms with Crippen molar-refractivity contribution in [3.8, 4) is 0 Å². The van der Waals surface area contributed by atoms with Gasteiger partial charge in [0.05, 0.1) is 5.52 Å². The third kappa shape index (κ3) is 4.45. The summed E-state index contributed by atoms with van der Waals surface area (Å²) in [5.41, 5.74) is 7.74. The minimum atomic E-state index is -0.485. The van der Waals surface area contributed by atoms with Crippen molar-refractivity contribution in [1.29, 1.82) is 0 Å². The fraction of sp³-hybridized carbons (Fsp3) is 0.421. The Bertz CT molecular complexity index is 929. The number of anilines is 2. The third-order valence-electron chi connectivity index (χ3n) is 5.12. The van der Waals surface area contributed by atoms with E-state index in [-0.39, 0.29) is 11.9 Å². The van der Waals surface area contributed by atoms with Crippen LogP contribution < -0.4 is 21.3 Å². The van der Waals surface area contributed by atoms with E-state index in [1.165, 1.54) is 0 Å². The van der Waals surface area contributed by atoms with Gasteiger partial charge < -0.3 is 26.2 Å². The molecule has 2 saturated heterocycles. The van der Waals surface area contributed by atoms with Crippen molar-refractivity contribution in [2.75, 3.05) is 54.9 Å². The molecular formula is C19H23ClN6O2S. The van der Waals surface area contributed by atoms with Crippen molar-refractivity contribution < 1.29 is 9.59 Å². The van der Waals surface area contributed by atoms with E-state index in [0.29, 0.717) is 49.3 Å². The summed E-state index contributed by atoms with van der Waals surface area (Å²) in [6.07, 6.45) is 0. The number of benzene rings is 1. The molecule has 1 unspecified atom stereocenters. The zero-order valence-corrected chi connectivity index (χ0v) is 17.4. The van der Waals surface area contributed by atoms with Gasteiger partial charge in [0.25, 0.3) is 0 Å². The number of rotatable bonds is 2. The number of pyridine rings is 1. The zero-order valence-electron chi connectivity index (χ0n) is 15.9. The minimum Gasteiger partial charge on any atom is -0.384 e. The largest absolute Gasteiger partial charge is 0.384 e. The predicted octanol–water partition coefficient (Wildman–Crippen LogP) is 1.53. The van der Waals surface area contributed by atoms with Crippen LogP contribution in [0.1, 0.15) is 0 Å². The van der Waals surface area contributed by atoms with E-state index >= 15 is 0 Å². The monoisotopic (exact) mass is 434 g/mol. The first-order chi connectivity index (χ1) is 14.0. The van der Waals surface area contributed by atoms with Gasteiger partial charge in [0.2, 0.25) is 5.91 Å². The second-order valence-electron chi connectivity index (χ2n) is 7.07. The van der Waals surface area contributed by atoms with E-state index in [9.17, 15) is 9.59 Å². The SMILES string of the molecule is Nc1cc(N2CCN(C(=O)NC3CSCCNC3=O)CC2)c2ccc(Cl)cc2n1. The van der Waals surface area contributed by atoms with Gasteiger partial charge in [0, 0.05) is 66.4 Å². The summed E-state index contributed by atoms with van der Waals surface area (Å²) >= 11 is 7.75. The van der Waals surface area contributed by atoms with E-state index < -0.39 is 6.04 Å². The van der Waals surface area contributed by atoms with E-state index in [0.717, 1.165) is 22.3 Å². The number of carbonyl (C=O) groups excluding carboxylic acids is 2. The third-order valence-corrected chi connectivity index (χ3v) is 6.42. The van der Waals surface area contributed by atoms with E-state index in [4.69, 9.17) is 17.3 Å². The summed E-state index contributed by atoms with van der Waals surface area (Å²) in [7, 11) is 0. The Morgan fingerprint density at radius 3 is 2.86 bits per heavy atom. The molecule has 3 amide bonds. The molecular weight excluding hydrogens is 412 g/mol. The van der Waals surface area contributed by atoms with Gasteiger partial charge in [-0.15, -0.1) is 0 Å². The molecule has 0 radical (unpaired) electrons. The van der Waals surface area contributed by atoms with E-state index in [2.05, 4.69) is 20.5 Å². The van der Waals surface area contributed by atoms with Gasteiger partial charge in [-0.25, -0.2) is 9.78 Å². The lowest BCUT2D eigenvalue weighted by molar-refractivity contribution is -0.122. The first-order valence-corrected chi connectivity index (χ1v) is 11.1. The van der Waals surface area contributed by atoms with Crippen LogP contribution in [0.5, 0.6) is 0 Å². The number of nitrogen functional groups attached to an aromatic ring is 1. The Labute approximate surface area is 178 Å². The Morgan fingerprint density at radius 2 is 2.07 bits per heavy atom. The van der Waals surface area contributed by atoms with Crippen molar-refractivity contribution in [2.24, 2.45) is 0 Å². The van der Waals surface area contributed by atoms with Crippen LogP contribution in [0.25, 0.3) is 10.9 Å². The zero-order chi connectivity index (χ0) is 20.4. The van der Waals surface area contributed by atoms with Crippen molar-refractivity contribution in [3.05, 3.63) is 29.3 Å². The van der Waals surface area contributed by atoms with Gasteiger partial charge in [-0.2, -0.15) is 11.8 Å². The molecule has 4 N–H and O–H groups in total. The highest BCUT2D eigenvalue weighted by Crippen LogP contribution is 2.30. The number of thioether (sulfide) groups is 1. The number of urea groups is 1. The molecule has 2 aliphatic rings. The van der Waals surface area contributed by atoms with E-state index in [1.54, 1.807) is 22.7 Å². The number of carbonyl (C=O) groups is 2. The lowest BCUT2D eigenvalue weighted by atomic mass is 10.1. The maximum Gasteiger partial charge on any atom is 0.318 e. The van der Waals surface area contributed by atoms with Crippen LogP contribution in [0.3, 0.4) is 0 Å². The number of nitrogens with zero attached hydrogens (tertiary/aromatic N) is 3. The van der Waals surface area contributed by atoms with E-state index in [1.807, 2.05) is 18.2 Å². The normalized spacial score (nSPS) is 20.3. The maximum atomic E-state index is 12.6. The topological polar surface area (TPSA) is 104 Å². The Hall–Kier alpha value is -2.39. The van der Waals surface area contributed by atoms with Crippen LogP contribution in [0.2, 0.25) is 5.02 Å². The van der Waals surface area contributed by atoms with Gasteiger partial charge in [-0.1, -0.05) is 11.6 Å². The number of fused-ring (bicyclic) bond motifs is 1. The fourth-order valence-corrected chi connectivity index (χ4v) is 4.66. The predicted molar refractivity (Wildman–Crippen MR) is 118 cm³/mol. The average molecular weight is 435 g/mol. The van der Waals surface area contributed by atoms with Gasteiger partial charge >= 0.3 is 6.03 Å². The molecule has 2 aromatic rings. The number of amides is 3. The summed E-state index contributed by atoms with van der Waals surface area (Å²) in [5, 5.41) is 7.29. The first kappa shape index (κ1) is 19.9. The minimum absolute atomic E-state index is 0.112. The summed E-state index contributed by atoms with van der Waals surface area (Å²) in [5.74, 6) is 1.79. The smallest absolute Gasteiger partial charge is 0.318 e. The number of nitrogens with one attached hydrogen (secondary N) is 2. The second kappa shape index (κ2) is 8.54. The van der Waals surface area contributed by atoms with Gasteiger partial charge in [-0.3, -0.25) is 4.79 Å². The van der Waals surface area contributed by atoms with Crippen LogP contribution in [-0.4, -0.2) is 72.1 Å². The summed E-state index contributed by atoms with van der Waals surface area (Å²) in [4.78, 5) is 33.0. The molecule has 0 saturated carbocycles. The summed E-state index contributed by atoms with van der Waals surface area (Å²) in [6, 6.07) is 6.76. The standard InChI is InChI=1S/C19H23ClN6O2S/c20-12-1-2-13-14(9-12)23-17(21)10-16(13)25-4-6-26(7-5-25)19(28)24-15-11-29-8-3-22-18(15)27/h1-2,9-10,15H,3-8,11H2,(H2,21,23)(H,22,27)(H,24,28). The van der Waals surface area contributed by atoms with Crippen molar-refractivity contribution in [3.63, 3.8) is 0 Å². The van der Waals surface area contributed by atoms with Gasteiger partial charge in [-0.05, 0) is 18.2 Å². The average Bonchev–Trinajstić information content (AvgIpc) is 2.91. The maximum absolute atomic E-state index is 12.6. The van der Waals surface area contributed by atoms with Crippen LogP contribution in [-0.2, 0) is 4.79 Å². The molecule has 0 spiro atoms. The highest BCUT2D eigenvalue weighted by molar-refractivity contribution is 7.99. The molecule has 1 atom stereocenters. The lowest BCUT2D eigenvalue weighted by Crippen LogP contribution is -2.56. The highest BCUT2D eigenvalue weighted by Gasteiger charge is 2.27. The molecule has 154 valence electrons. The molecule has 8 nitrogen and oxygen atoms in total. The van der Waals surface area contributed by atoms with Crippen LogP contribution >= 0.6 is 23.4 Å². The molecule has 0 aliphatic carbocycles. The van der Waals surface area contributed by atoms with Gasteiger partial charge in [0.1, 0.15) is 11.9 Å². The number of nitrogens with two attached hydrogens (primary N) is 1. The van der Waals surface area contributed by atoms with Crippen molar-refractivity contribution >= 4 is 57.7 Å². The Kier molecular flexibility index (Phi) is 5.86. The molecule has 2 aliphatic heterocycles. The highest BCUT2D eigenvalue weighted by atomic mass is 35.5. The lowest BCUT2D eigenvalue weighted by Gasteiger charge is -2.37. The number of halogens is 1. The number of hydrogen-bond acceptors (Lipinski definition) is 6. The molecule has 0 bridgehead atoms. The Morgan fingerprint density at radius 1 is 1.28 bits per heavy atom. The van der Waals surface area contributed by atoms with Crippen LogP contribution in [0.4, 0.5) is 16.3 Å². The quantitative estimate of drug-likeness (QED) is 0.662. The second-order valence-corrected chi connectivity index (χ2v) is 8.66. The molecule has 3 heterocycles. The van der Waals surface area contributed by atoms with Gasteiger partial charge in [0.15, 0.2) is 0 Å². The Balaban J connectivity index is 1.42. The summed E-state index contributed by atoms with van der Waals surface area (Å²) in [6.45, 7) is 3.10. The molecule has 10 heteroatoms. The molecule has 1 aromatic carbocycles. The number of hydrogen-bond donors (Lipinski definition) is 3. The molecule has 1 aromatic heterocycles. The molecule has 29 heavy (non-hydrogen) atoms. The summed E-state index contributed by atoms with van der Waals surface area (Å²) < 4.78 is 0. The number of aromatic nitrogens is 1. The molecule has 4 rings (SSSR count). The van der Waals surface area contributed by atoms with Crippen molar-refractivity contribution in [1.82, 2.24) is 20.5 Å². The van der Waals surface area contributed by atoms with Crippen LogP contribution in [0, 0.1) is 0 Å². The fourth-order valence-electron chi connectivity index (χ4n) is 3.61. The van der Waals surface area contributed by atoms with Crippen molar-refractivity contribution in [2.45, 2.75) is 6.04 Å². The van der Waals surface area contributed by atoms with Crippen LogP contribution in [0.15, 0.2) is 24.3 Å². The first-order valence-electron chi connectivity index (χ1n) is 9.53. The number of piperazine rings is 1. The molecule has 2 fully saturated rings.